The third-order valence-electron chi connectivity index (χ3n) is 5.75. The minimum atomic E-state index is 0.300. The predicted molar refractivity (Wildman–Crippen MR) is 94.6 cm³/mol. The number of nitrogens with two attached hydrogens (primary N) is 1. The van der Waals surface area contributed by atoms with Gasteiger partial charge in [0.05, 0.1) is 0 Å². The Morgan fingerprint density at radius 1 is 1.05 bits per heavy atom. The summed E-state index contributed by atoms with van der Waals surface area (Å²) in [6.07, 6.45) is 12.0. The largest absolute Gasteiger partial charge is 0.329 e. The number of hydrogen-bond acceptors (Lipinski definition) is 2. The van der Waals surface area contributed by atoms with E-state index < -0.39 is 0 Å². The maximum Gasteiger partial charge on any atom is 0.0331 e. The second kappa shape index (κ2) is 9.84. The van der Waals surface area contributed by atoms with Gasteiger partial charge in [-0.3, -0.25) is 4.90 Å². The van der Waals surface area contributed by atoms with Gasteiger partial charge >= 0.3 is 0 Å². The molecule has 1 aliphatic carbocycles. The van der Waals surface area contributed by atoms with E-state index >= 15 is 0 Å². The molecule has 2 unspecified atom stereocenters. The van der Waals surface area contributed by atoms with Crippen molar-refractivity contribution in [3.63, 3.8) is 0 Å². The molecule has 0 heterocycles. The van der Waals surface area contributed by atoms with Crippen molar-refractivity contribution in [2.75, 3.05) is 19.6 Å². The van der Waals surface area contributed by atoms with Crippen LogP contribution in [0.2, 0.25) is 0 Å². The van der Waals surface area contributed by atoms with Crippen LogP contribution in [0.15, 0.2) is 0 Å². The summed E-state index contributed by atoms with van der Waals surface area (Å²) >= 11 is 0. The zero-order valence-electron chi connectivity index (χ0n) is 15.2. The summed E-state index contributed by atoms with van der Waals surface area (Å²) in [7, 11) is 0. The Balaban J connectivity index is 2.77. The highest BCUT2D eigenvalue weighted by atomic mass is 15.2. The third kappa shape index (κ3) is 5.56. The second-order valence-corrected chi connectivity index (χ2v) is 7.56. The molecular weight excluding hydrogens is 256 g/mol. The van der Waals surface area contributed by atoms with E-state index in [0.717, 1.165) is 18.4 Å². The van der Waals surface area contributed by atoms with E-state index in [0.29, 0.717) is 5.54 Å². The molecule has 2 nitrogen and oxygen atoms in total. The van der Waals surface area contributed by atoms with Gasteiger partial charge in [-0.15, -0.1) is 0 Å². The topological polar surface area (TPSA) is 29.3 Å². The molecule has 2 N–H and O–H groups in total. The van der Waals surface area contributed by atoms with Crippen LogP contribution in [0.3, 0.4) is 0 Å². The Kier molecular flexibility index (Phi) is 8.89. The van der Waals surface area contributed by atoms with Gasteiger partial charge in [0.15, 0.2) is 0 Å². The Morgan fingerprint density at radius 3 is 2.14 bits per heavy atom. The second-order valence-electron chi connectivity index (χ2n) is 7.56. The summed E-state index contributed by atoms with van der Waals surface area (Å²) in [6.45, 7) is 12.7. The molecule has 1 saturated carbocycles. The highest BCUT2D eigenvalue weighted by molar-refractivity contribution is 4.94. The zero-order chi connectivity index (χ0) is 15.7. The summed E-state index contributed by atoms with van der Waals surface area (Å²) in [5.74, 6) is 1.75. The van der Waals surface area contributed by atoms with Gasteiger partial charge in [-0.05, 0) is 57.0 Å². The summed E-state index contributed by atoms with van der Waals surface area (Å²) in [5, 5.41) is 0. The molecule has 0 spiro atoms. The molecule has 0 aromatic rings. The molecule has 0 amide bonds. The molecule has 0 aliphatic heterocycles. The van der Waals surface area contributed by atoms with Crippen LogP contribution in [0.25, 0.3) is 0 Å². The summed E-state index contributed by atoms with van der Waals surface area (Å²) < 4.78 is 0. The highest BCUT2D eigenvalue weighted by Gasteiger charge is 2.37. The molecule has 0 bridgehead atoms. The van der Waals surface area contributed by atoms with Crippen molar-refractivity contribution in [1.29, 1.82) is 0 Å². The maximum atomic E-state index is 6.33. The zero-order valence-corrected chi connectivity index (χ0v) is 15.2. The Labute approximate surface area is 133 Å². The fourth-order valence-electron chi connectivity index (χ4n) is 4.02. The van der Waals surface area contributed by atoms with Gasteiger partial charge in [0.2, 0.25) is 0 Å². The van der Waals surface area contributed by atoms with Crippen molar-refractivity contribution >= 4 is 0 Å². The number of hydrogen-bond donors (Lipinski definition) is 1. The van der Waals surface area contributed by atoms with Crippen molar-refractivity contribution in [1.82, 2.24) is 4.90 Å². The van der Waals surface area contributed by atoms with Crippen LogP contribution in [-0.4, -0.2) is 30.1 Å². The molecule has 0 radical (unpaired) electrons. The average Bonchev–Trinajstić information content (AvgIpc) is 2.71. The first kappa shape index (κ1) is 19.0. The van der Waals surface area contributed by atoms with E-state index in [1.807, 2.05) is 0 Å². The summed E-state index contributed by atoms with van der Waals surface area (Å²) in [5.41, 5.74) is 6.63. The van der Waals surface area contributed by atoms with Crippen molar-refractivity contribution in [2.45, 2.75) is 91.0 Å². The Bertz CT molecular complexity index is 256. The van der Waals surface area contributed by atoms with E-state index in [9.17, 15) is 0 Å². The first-order valence-electron chi connectivity index (χ1n) is 9.54. The summed E-state index contributed by atoms with van der Waals surface area (Å²) in [6, 6.07) is 0. The maximum absolute atomic E-state index is 6.33. The van der Waals surface area contributed by atoms with E-state index in [2.05, 4.69) is 32.6 Å². The van der Waals surface area contributed by atoms with Gasteiger partial charge in [0.25, 0.3) is 0 Å². The molecule has 126 valence electrons. The molecule has 0 saturated heterocycles. The molecule has 2 atom stereocenters. The van der Waals surface area contributed by atoms with Crippen LogP contribution in [-0.2, 0) is 0 Å². The van der Waals surface area contributed by atoms with Crippen molar-refractivity contribution in [3.8, 4) is 0 Å². The van der Waals surface area contributed by atoms with E-state index in [1.165, 1.54) is 70.9 Å². The van der Waals surface area contributed by atoms with Crippen LogP contribution < -0.4 is 5.73 Å². The Hall–Kier alpha value is -0.0800. The van der Waals surface area contributed by atoms with Crippen LogP contribution in [0.1, 0.15) is 85.5 Å². The molecule has 0 aromatic heterocycles. The lowest BCUT2D eigenvalue weighted by Crippen LogP contribution is -2.54. The SMILES string of the molecule is CCCCN(CCCC)C1(CN)CCCC(C(C)C)CC1. The lowest BCUT2D eigenvalue weighted by atomic mass is 9.85. The van der Waals surface area contributed by atoms with E-state index in [4.69, 9.17) is 5.73 Å². The highest BCUT2D eigenvalue weighted by Crippen LogP contribution is 2.37. The minimum Gasteiger partial charge on any atom is -0.329 e. The first-order chi connectivity index (χ1) is 10.1. The minimum absolute atomic E-state index is 0.300. The van der Waals surface area contributed by atoms with Crippen LogP contribution in [0, 0.1) is 11.8 Å². The lowest BCUT2D eigenvalue weighted by Gasteiger charge is -2.44. The van der Waals surface area contributed by atoms with Gasteiger partial charge in [-0.1, -0.05) is 53.4 Å². The third-order valence-corrected chi connectivity index (χ3v) is 5.75. The molecule has 21 heavy (non-hydrogen) atoms. The molecule has 0 aromatic carbocycles. The van der Waals surface area contributed by atoms with Gasteiger partial charge in [-0.2, -0.15) is 0 Å². The molecule has 1 rings (SSSR count). The predicted octanol–water partition coefficient (Wildman–Crippen LogP) is 4.82. The standard InChI is InChI=1S/C19H40N2/c1-5-7-14-21(15-8-6-2)19(16-20)12-9-10-18(11-13-19)17(3)4/h17-18H,5-16,20H2,1-4H3. The number of unbranched alkanes of at least 4 members (excludes halogenated alkanes) is 2. The number of rotatable bonds is 9. The fraction of sp³-hybridized carbons (Fsp3) is 1.00. The van der Waals surface area contributed by atoms with E-state index in [1.54, 1.807) is 0 Å². The van der Waals surface area contributed by atoms with Gasteiger partial charge < -0.3 is 5.73 Å². The quantitative estimate of drug-likeness (QED) is 0.618. The van der Waals surface area contributed by atoms with Crippen molar-refractivity contribution in [2.24, 2.45) is 17.6 Å². The van der Waals surface area contributed by atoms with Crippen LogP contribution in [0.5, 0.6) is 0 Å². The van der Waals surface area contributed by atoms with Gasteiger partial charge in [-0.25, -0.2) is 0 Å². The Morgan fingerprint density at radius 2 is 1.67 bits per heavy atom. The molecule has 2 heteroatoms. The molecular formula is C19H40N2. The van der Waals surface area contributed by atoms with Crippen LogP contribution >= 0.6 is 0 Å². The lowest BCUT2D eigenvalue weighted by molar-refractivity contribution is 0.0728. The van der Waals surface area contributed by atoms with Gasteiger partial charge in [0.1, 0.15) is 0 Å². The van der Waals surface area contributed by atoms with Crippen molar-refractivity contribution < 1.29 is 0 Å². The summed E-state index contributed by atoms with van der Waals surface area (Å²) in [4.78, 5) is 2.78. The fourth-order valence-corrected chi connectivity index (χ4v) is 4.02. The normalized spacial score (nSPS) is 27.3. The smallest absolute Gasteiger partial charge is 0.0331 e. The van der Waals surface area contributed by atoms with Crippen LogP contribution in [0.4, 0.5) is 0 Å². The first-order valence-corrected chi connectivity index (χ1v) is 9.54. The number of nitrogens with zero attached hydrogens (tertiary/aromatic N) is 1. The molecule has 1 fully saturated rings. The average molecular weight is 297 g/mol. The van der Waals surface area contributed by atoms with Crippen molar-refractivity contribution in [3.05, 3.63) is 0 Å². The van der Waals surface area contributed by atoms with E-state index in [-0.39, 0.29) is 0 Å². The van der Waals surface area contributed by atoms with Gasteiger partial charge in [0, 0.05) is 12.1 Å². The molecule has 1 aliphatic rings. The monoisotopic (exact) mass is 296 g/mol.